The molecule has 2 aromatic carbocycles. The molecule has 1 saturated carbocycles. The van der Waals surface area contributed by atoms with Crippen molar-refractivity contribution >= 4 is 34.9 Å². The molecule has 132 valence electrons. The highest BCUT2D eigenvalue weighted by molar-refractivity contribution is 8.21. The lowest BCUT2D eigenvalue weighted by Gasteiger charge is -2.41. The number of carbonyl (C=O) groups excluding carboxylic acids is 1. The quantitative estimate of drug-likeness (QED) is 0.611. The largest absolute Gasteiger partial charge is 0.301 e. The van der Waals surface area contributed by atoms with Crippen LogP contribution in [0.1, 0.15) is 39.0 Å². The van der Waals surface area contributed by atoms with E-state index in [-0.39, 0.29) is 0 Å². The number of hydrogen-bond acceptors (Lipinski definition) is 2. The highest BCUT2D eigenvalue weighted by Gasteiger charge is 2.39. The van der Waals surface area contributed by atoms with Gasteiger partial charge in [0.2, 0.25) is 0 Å². The fraction of sp³-hybridized carbons (Fsp3) is 0.381. The van der Waals surface area contributed by atoms with Crippen molar-refractivity contribution in [3.05, 3.63) is 60.7 Å². The Labute approximate surface area is 156 Å². The van der Waals surface area contributed by atoms with Crippen molar-refractivity contribution in [2.75, 3.05) is 0 Å². The van der Waals surface area contributed by atoms with Crippen LogP contribution in [0.2, 0.25) is 0 Å². The van der Waals surface area contributed by atoms with Crippen LogP contribution >= 0.6 is 6.19 Å². The Morgan fingerprint density at radius 1 is 0.960 bits per heavy atom. The van der Waals surface area contributed by atoms with Gasteiger partial charge in [-0.3, -0.25) is 5.09 Å². The van der Waals surface area contributed by atoms with Gasteiger partial charge >= 0.3 is 0 Å². The van der Waals surface area contributed by atoms with Gasteiger partial charge in [0, 0.05) is 10.6 Å². The van der Waals surface area contributed by atoms with Gasteiger partial charge in [0.15, 0.2) is 0 Å². The van der Waals surface area contributed by atoms with E-state index in [2.05, 4.69) is 29.4 Å². The Bertz CT molecular complexity index is 700. The zero-order valence-corrected chi connectivity index (χ0v) is 16.4. The van der Waals surface area contributed by atoms with Gasteiger partial charge in [-0.2, -0.15) is 0 Å². The number of nitrogens with one attached hydrogen (secondary N) is 1. The molecule has 2 nitrogen and oxygen atoms in total. The third kappa shape index (κ3) is 3.95. The molecule has 0 aromatic heterocycles. The van der Waals surface area contributed by atoms with Crippen molar-refractivity contribution in [3.63, 3.8) is 0 Å². The molecule has 0 aliphatic heterocycles. The van der Waals surface area contributed by atoms with E-state index in [1.807, 2.05) is 43.3 Å². The summed E-state index contributed by atoms with van der Waals surface area (Å²) in [6.45, 7) is 2.04. The monoisotopic (exact) mass is 371 g/mol. The van der Waals surface area contributed by atoms with Crippen LogP contribution in [0.25, 0.3) is 0 Å². The average Bonchev–Trinajstić information content (AvgIpc) is 2.70. The average molecular weight is 371 g/mol. The standard InChI is InChI=1S/C21H26NOPS/c1-21(17-23,18-11-5-2-6-12-18)22-24(25,19-13-7-3-8-14-19)20-15-9-4-10-16-20/h3-4,7-10,13-18H,2,5-6,11-12H2,1H3,(H,22,25)/t21-/m1/s1. The zero-order valence-electron chi connectivity index (χ0n) is 14.7. The molecule has 0 unspecified atom stereocenters. The third-order valence-electron chi connectivity index (χ3n) is 5.34. The molecule has 1 N–H and O–H groups in total. The maximum atomic E-state index is 12.2. The molecule has 1 atom stereocenters. The molecule has 1 aliphatic rings. The SMILES string of the molecule is C[C@](C=O)(NP(=S)(c1ccccc1)c1ccccc1)C1CCCCC1. The van der Waals surface area contributed by atoms with Crippen molar-refractivity contribution in [1.29, 1.82) is 0 Å². The number of carbonyl (C=O) groups is 1. The van der Waals surface area contributed by atoms with Crippen LogP contribution in [0.3, 0.4) is 0 Å². The van der Waals surface area contributed by atoms with Crippen molar-refractivity contribution in [2.45, 2.75) is 44.6 Å². The van der Waals surface area contributed by atoms with Crippen LogP contribution in [0.5, 0.6) is 0 Å². The van der Waals surface area contributed by atoms with Gasteiger partial charge in [0.25, 0.3) is 0 Å². The second-order valence-corrected chi connectivity index (χ2v) is 11.2. The van der Waals surface area contributed by atoms with Crippen LogP contribution in [0, 0.1) is 5.92 Å². The minimum atomic E-state index is -2.28. The summed E-state index contributed by atoms with van der Waals surface area (Å²) in [7, 11) is 0. The summed E-state index contributed by atoms with van der Waals surface area (Å²) >= 11 is 6.26. The Morgan fingerprint density at radius 2 is 1.44 bits per heavy atom. The summed E-state index contributed by atoms with van der Waals surface area (Å²) in [6.07, 6.45) is 4.71. The summed E-state index contributed by atoms with van der Waals surface area (Å²) < 4.78 is 0. The van der Waals surface area contributed by atoms with E-state index in [1.54, 1.807) is 0 Å². The fourth-order valence-electron chi connectivity index (χ4n) is 3.81. The zero-order chi connectivity index (χ0) is 17.8. The van der Waals surface area contributed by atoms with E-state index in [4.69, 9.17) is 11.8 Å². The molecule has 0 bridgehead atoms. The van der Waals surface area contributed by atoms with Gasteiger partial charge < -0.3 is 4.79 Å². The topological polar surface area (TPSA) is 29.1 Å². The molecule has 0 saturated heterocycles. The van der Waals surface area contributed by atoms with E-state index < -0.39 is 11.7 Å². The summed E-state index contributed by atoms with van der Waals surface area (Å²) in [4.78, 5) is 12.2. The van der Waals surface area contributed by atoms with Crippen LogP contribution in [-0.4, -0.2) is 11.8 Å². The summed E-state index contributed by atoms with van der Waals surface area (Å²) in [6, 6.07) is 20.5. The lowest BCUT2D eigenvalue weighted by Crippen LogP contribution is -2.51. The van der Waals surface area contributed by atoms with Crippen molar-refractivity contribution in [1.82, 2.24) is 5.09 Å². The van der Waals surface area contributed by atoms with Crippen LogP contribution in [-0.2, 0) is 16.6 Å². The van der Waals surface area contributed by atoms with E-state index >= 15 is 0 Å². The molecule has 3 rings (SSSR count). The fourth-order valence-corrected chi connectivity index (χ4v) is 7.78. The molecule has 25 heavy (non-hydrogen) atoms. The first kappa shape index (κ1) is 18.5. The maximum absolute atomic E-state index is 12.2. The Balaban J connectivity index is 2.03. The molecule has 4 heteroatoms. The summed E-state index contributed by atoms with van der Waals surface area (Å²) in [5.41, 5.74) is -0.582. The lowest BCUT2D eigenvalue weighted by molar-refractivity contribution is -0.114. The van der Waals surface area contributed by atoms with Crippen molar-refractivity contribution < 1.29 is 4.79 Å². The Hall–Kier alpha value is -1.28. The minimum absolute atomic E-state index is 0.355. The second kappa shape index (κ2) is 7.95. The van der Waals surface area contributed by atoms with E-state index in [0.717, 1.165) is 29.7 Å². The molecule has 1 fully saturated rings. The molecule has 2 aromatic rings. The first-order chi connectivity index (χ1) is 12.1. The first-order valence-corrected chi connectivity index (χ1v) is 11.9. The van der Waals surface area contributed by atoms with Gasteiger partial charge in [0.05, 0.1) is 11.7 Å². The third-order valence-corrected chi connectivity index (χ3v) is 9.72. The second-order valence-electron chi connectivity index (χ2n) is 7.13. The minimum Gasteiger partial charge on any atom is -0.301 e. The number of hydrogen-bond donors (Lipinski definition) is 1. The first-order valence-electron chi connectivity index (χ1n) is 9.05. The van der Waals surface area contributed by atoms with E-state index in [1.165, 1.54) is 19.3 Å². The van der Waals surface area contributed by atoms with Crippen molar-refractivity contribution in [2.24, 2.45) is 5.92 Å². The normalized spacial score (nSPS) is 18.4. The van der Waals surface area contributed by atoms with Gasteiger partial charge in [-0.05, 0) is 25.7 Å². The number of aldehydes is 1. The molecule has 0 radical (unpaired) electrons. The lowest BCUT2D eigenvalue weighted by atomic mass is 9.77. The molecule has 0 spiro atoms. The predicted molar refractivity (Wildman–Crippen MR) is 111 cm³/mol. The van der Waals surface area contributed by atoms with Gasteiger partial charge in [-0.1, -0.05) is 91.7 Å². The van der Waals surface area contributed by atoms with Gasteiger partial charge in [-0.15, -0.1) is 0 Å². The highest BCUT2D eigenvalue weighted by Crippen LogP contribution is 2.44. The van der Waals surface area contributed by atoms with Crippen LogP contribution in [0.4, 0.5) is 0 Å². The molecule has 0 amide bonds. The van der Waals surface area contributed by atoms with E-state index in [9.17, 15) is 4.79 Å². The molecule has 1 aliphatic carbocycles. The number of benzene rings is 2. The summed E-state index contributed by atoms with van der Waals surface area (Å²) in [5, 5.41) is 5.94. The van der Waals surface area contributed by atoms with Gasteiger partial charge in [0.1, 0.15) is 6.29 Å². The molecule has 0 heterocycles. The van der Waals surface area contributed by atoms with Crippen LogP contribution < -0.4 is 15.7 Å². The maximum Gasteiger partial charge on any atom is 0.140 e. The molecular formula is C21H26NOPS. The van der Waals surface area contributed by atoms with E-state index in [0.29, 0.717) is 5.92 Å². The predicted octanol–water partition coefficient (Wildman–Crippen LogP) is 4.16. The van der Waals surface area contributed by atoms with Crippen molar-refractivity contribution in [3.8, 4) is 0 Å². The Kier molecular flexibility index (Phi) is 5.89. The van der Waals surface area contributed by atoms with Crippen LogP contribution in [0.15, 0.2) is 60.7 Å². The molecular weight excluding hydrogens is 345 g/mol. The smallest absolute Gasteiger partial charge is 0.140 e. The highest BCUT2D eigenvalue weighted by atomic mass is 32.4. The Morgan fingerprint density at radius 3 is 1.88 bits per heavy atom. The summed E-state index contributed by atoms with van der Waals surface area (Å²) in [5.74, 6) is 0.355. The number of rotatable bonds is 6. The van der Waals surface area contributed by atoms with Gasteiger partial charge in [-0.25, -0.2) is 0 Å².